The van der Waals surface area contributed by atoms with Crippen LogP contribution in [0.15, 0.2) is 0 Å². The molecule has 0 bridgehead atoms. The van der Waals surface area contributed by atoms with Crippen LogP contribution in [0.4, 0.5) is 13.2 Å². The van der Waals surface area contributed by atoms with Crippen molar-refractivity contribution >= 4 is 17.7 Å². The molecule has 0 saturated carbocycles. The number of thioether (sulfide) groups is 1. The van der Waals surface area contributed by atoms with Crippen LogP contribution >= 0.6 is 11.8 Å². The van der Waals surface area contributed by atoms with Crippen molar-refractivity contribution in [3.05, 3.63) is 0 Å². The second-order valence-electron chi connectivity index (χ2n) is 3.90. The van der Waals surface area contributed by atoms with Gasteiger partial charge in [-0.15, -0.1) is 11.8 Å². The smallest absolute Gasteiger partial charge is 0.389 e. The molecule has 0 aliphatic carbocycles. The van der Waals surface area contributed by atoms with Crippen LogP contribution in [0.1, 0.15) is 27.2 Å². The van der Waals surface area contributed by atoms with E-state index < -0.39 is 23.8 Å². The van der Waals surface area contributed by atoms with Gasteiger partial charge >= 0.3 is 12.1 Å². The van der Waals surface area contributed by atoms with Crippen molar-refractivity contribution in [2.45, 2.75) is 38.6 Å². The highest BCUT2D eigenvalue weighted by molar-refractivity contribution is 8.00. The van der Waals surface area contributed by atoms with E-state index in [1.807, 2.05) is 13.8 Å². The summed E-state index contributed by atoms with van der Waals surface area (Å²) in [6, 6.07) is 0. The Bertz CT molecular complexity index is 217. The van der Waals surface area contributed by atoms with Crippen LogP contribution in [0.3, 0.4) is 0 Å². The minimum absolute atomic E-state index is 0.110. The predicted molar refractivity (Wildman–Crippen MR) is 58.4 cm³/mol. The first-order valence-electron chi connectivity index (χ1n) is 5.07. The van der Waals surface area contributed by atoms with Gasteiger partial charge < -0.3 is 4.74 Å². The van der Waals surface area contributed by atoms with E-state index in [2.05, 4.69) is 0 Å². The maximum Gasteiger partial charge on any atom is 0.389 e. The Morgan fingerprint density at radius 2 is 1.88 bits per heavy atom. The van der Waals surface area contributed by atoms with Gasteiger partial charge in [-0.3, -0.25) is 4.79 Å². The van der Waals surface area contributed by atoms with Gasteiger partial charge in [-0.05, 0) is 12.8 Å². The molecule has 0 amide bonds. The first-order chi connectivity index (χ1) is 7.22. The number of hydrogen-bond acceptors (Lipinski definition) is 3. The van der Waals surface area contributed by atoms with Gasteiger partial charge in [-0.1, -0.05) is 13.8 Å². The average molecular weight is 258 g/mol. The maximum atomic E-state index is 11.8. The standard InChI is InChI=1S/C10H17F3O2S/c1-7(2)6-15-9(14)8(3)16-5-4-10(11,12)13/h7-8H,4-6H2,1-3H3. The number of alkyl halides is 3. The average Bonchev–Trinajstić information content (AvgIpc) is 2.11. The van der Waals surface area contributed by atoms with E-state index in [9.17, 15) is 18.0 Å². The lowest BCUT2D eigenvalue weighted by atomic mass is 10.2. The van der Waals surface area contributed by atoms with E-state index in [0.29, 0.717) is 6.61 Å². The molecule has 0 rings (SSSR count). The number of rotatable bonds is 6. The number of halogens is 3. The van der Waals surface area contributed by atoms with Gasteiger partial charge in [0.15, 0.2) is 0 Å². The Labute approximate surface area is 97.9 Å². The summed E-state index contributed by atoms with van der Waals surface area (Å²) in [5.74, 6) is -0.321. The van der Waals surface area contributed by atoms with Crippen molar-refractivity contribution < 1.29 is 22.7 Å². The lowest BCUT2D eigenvalue weighted by Crippen LogP contribution is -2.20. The van der Waals surface area contributed by atoms with Gasteiger partial charge in [-0.2, -0.15) is 13.2 Å². The van der Waals surface area contributed by atoms with Crippen molar-refractivity contribution in [3.8, 4) is 0 Å². The summed E-state index contributed by atoms with van der Waals surface area (Å²) in [5, 5.41) is -0.541. The highest BCUT2D eigenvalue weighted by Gasteiger charge is 2.27. The highest BCUT2D eigenvalue weighted by Crippen LogP contribution is 2.24. The van der Waals surface area contributed by atoms with Gasteiger partial charge in [0.25, 0.3) is 0 Å². The molecule has 0 radical (unpaired) electrons. The zero-order chi connectivity index (χ0) is 12.8. The molecule has 96 valence electrons. The molecular formula is C10H17F3O2S. The van der Waals surface area contributed by atoms with E-state index in [1.165, 1.54) is 0 Å². The lowest BCUT2D eigenvalue weighted by molar-refractivity contribution is -0.143. The minimum Gasteiger partial charge on any atom is -0.465 e. The van der Waals surface area contributed by atoms with Crippen LogP contribution in [0.5, 0.6) is 0 Å². The quantitative estimate of drug-likeness (QED) is 0.684. The number of carbonyl (C=O) groups is 1. The summed E-state index contributed by atoms with van der Waals surface area (Å²) in [6.45, 7) is 5.66. The van der Waals surface area contributed by atoms with Gasteiger partial charge in [0, 0.05) is 5.75 Å². The molecule has 0 aliphatic rings. The third-order valence-electron chi connectivity index (χ3n) is 1.64. The first kappa shape index (κ1) is 15.6. The molecular weight excluding hydrogens is 241 g/mol. The Balaban J connectivity index is 3.71. The fraction of sp³-hybridized carbons (Fsp3) is 0.900. The molecule has 0 aromatic carbocycles. The predicted octanol–water partition coefficient (Wildman–Crippen LogP) is 3.26. The van der Waals surface area contributed by atoms with Crippen molar-refractivity contribution in [2.75, 3.05) is 12.4 Å². The van der Waals surface area contributed by atoms with E-state index in [1.54, 1.807) is 6.92 Å². The molecule has 16 heavy (non-hydrogen) atoms. The number of ether oxygens (including phenoxy) is 1. The fourth-order valence-corrected chi connectivity index (χ4v) is 1.69. The normalized spacial score (nSPS) is 13.9. The van der Waals surface area contributed by atoms with Crippen molar-refractivity contribution in [2.24, 2.45) is 5.92 Å². The Kier molecular flexibility index (Phi) is 6.87. The molecule has 2 nitrogen and oxygen atoms in total. The van der Waals surface area contributed by atoms with Crippen LogP contribution in [-0.2, 0) is 9.53 Å². The number of hydrogen-bond donors (Lipinski definition) is 0. The molecule has 0 aromatic heterocycles. The maximum absolute atomic E-state index is 11.8. The molecule has 1 atom stereocenters. The number of carbonyl (C=O) groups excluding carboxylic acids is 1. The Morgan fingerprint density at radius 1 is 1.31 bits per heavy atom. The molecule has 0 aliphatic heterocycles. The topological polar surface area (TPSA) is 26.3 Å². The van der Waals surface area contributed by atoms with E-state index in [-0.39, 0.29) is 11.7 Å². The summed E-state index contributed by atoms with van der Waals surface area (Å²) in [5.41, 5.74) is 0. The monoisotopic (exact) mass is 258 g/mol. The SMILES string of the molecule is CC(C)COC(=O)C(C)SCCC(F)(F)F. The van der Waals surface area contributed by atoms with Gasteiger partial charge in [0.2, 0.25) is 0 Å². The van der Waals surface area contributed by atoms with E-state index in [4.69, 9.17) is 4.74 Å². The van der Waals surface area contributed by atoms with Crippen molar-refractivity contribution in [1.29, 1.82) is 0 Å². The first-order valence-corrected chi connectivity index (χ1v) is 6.12. The van der Waals surface area contributed by atoms with Crippen molar-refractivity contribution in [1.82, 2.24) is 0 Å². The van der Waals surface area contributed by atoms with Gasteiger partial charge in [0.1, 0.15) is 0 Å². The van der Waals surface area contributed by atoms with Crippen LogP contribution < -0.4 is 0 Å². The van der Waals surface area contributed by atoms with Gasteiger partial charge in [0.05, 0.1) is 18.3 Å². The number of esters is 1. The Hall–Kier alpha value is -0.390. The highest BCUT2D eigenvalue weighted by atomic mass is 32.2. The molecule has 0 saturated heterocycles. The summed E-state index contributed by atoms with van der Waals surface area (Å²) in [4.78, 5) is 11.3. The van der Waals surface area contributed by atoms with Gasteiger partial charge in [-0.25, -0.2) is 0 Å². The summed E-state index contributed by atoms with van der Waals surface area (Å²) in [6.07, 6.45) is -5.03. The molecule has 0 aromatic rings. The summed E-state index contributed by atoms with van der Waals surface area (Å²) >= 11 is 0.968. The zero-order valence-electron chi connectivity index (χ0n) is 9.63. The molecule has 1 unspecified atom stereocenters. The van der Waals surface area contributed by atoms with Crippen molar-refractivity contribution in [3.63, 3.8) is 0 Å². The second-order valence-corrected chi connectivity index (χ2v) is 5.35. The largest absolute Gasteiger partial charge is 0.465 e. The Morgan fingerprint density at radius 3 is 2.31 bits per heavy atom. The lowest BCUT2D eigenvalue weighted by Gasteiger charge is -2.13. The molecule has 0 fully saturated rings. The third-order valence-corrected chi connectivity index (χ3v) is 2.78. The van der Waals surface area contributed by atoms with E-state index in [0.717, 1.165) is 11.8 Å². The molecule has 6 heteroatoms. The minimum atomic E-state index is -4.16. The summed E-state index contributed by atoms with van der Waals surface area (Å²) in [7, 11) is 0. The molecule has 0 spiro atoms. The van der Waals surface area contributed by atoms with Crippen LogP contribution in [0.2, 0.25) is 0 Å². The fourth-order valence-electron chi connectivity index (χ4n) is 0.786. The van der Waals surface area contributed by atoms with E-state index >= 15 is 0 Å². The molecule has 0 N–H and O–H groups in total. The van der Waals surface area contributed by atoms with Crippen LogP contribution in [0, 0.1) is 5.92 Å². The third kappa shape index (κ3) is 8.88. The zero-order valence-corrected chi connectivity index (χ0v) is 10.5. The summed E-state index contributed by atoms with van der Waals surface area (Å²) < 4.78 is 40.4. The second kappa shape index (κ2) is 7.04. The van der Waals surface area contributed by atoms with Crippen LogP contribution in [-0.4, -0.2) is 29.8 Å². The van der Waals surface area contributed by atoms with Crippen LogP contribution in [0.25, 0.3) is 0 Å². The molecule has 0 heterocycles.